The first-order valence-electron chi connectivity index (χ1n) is 7.50. The maximum absolute atomic E-state index is 12.3. The van der Waals surface area contributed by atoms with E-state index in [1.165, 1.54) is 25.3 Å². The number of halogens is 2. The van der Waals surface area contributed by atoms with Gasteiger partial charge in [-0.1, -0.05) is 42.3 Å². The first-order chi connectivity index (χ1) is 11.8. The minimum Gasteiger partial charge on any atom is -0.367 e. The number of carbonyl (C=O) groups is 1. The van der Waals surface area contributed by atoms with Gasteiger partial charge in [0.15, 0.2) is 9.84 Å². The lowest BCUT2D eigenvalue weighted by Crippen LogP contribution is -2.30. The van der Waals surface area contributed by atoms with E-state index in [-0.39, 0.29) is 22.8 Å². The molecule has 9 heteroatoms. The standard InChI is InChI=1S/C16H17Cl2N3O3S/c1-2-25(23,24)14-6-4-3-5-12(14)16(22)20-8-7-19-15-13(18)9-11(17)10-21-15/h3-6,9-10H,2,7-8H2,1H3,(H,19,21)(H,20,22). The van der Waals surface area contributed by atoms with Crippen LogP contribution in [-0.2, 0) is 9.84 Å². The highest BCUT2D eigenvalue weighted by Crippen LogP contribution is 2.22. The summed E-state index contributed by atoms with van der Waals surface area (Å²) in [7, 11) is -3.47. The molecule has 0 spiro atoms. The van der Waals surface area contributed by atoms with Gasteiger partial charge < -0.3 is 10.6 Å². The second-order valence-corrected chi connectivity index (χ2v) is 8.16. The average Bonchev–Trinajstić information content (AvgIpc) is 2.60. The van der Waals surface area contributed by atoms with Crippen molar-refractivity contribution in [3.05, 3.63) is 52.1 Å². The molecule has 0 aliphatic carbocycles. The minimum atomic E-state index is -3.47. The molecule has 2 N–H and O–H groups in total. The van der Waals surface area contributed by atoms with Crippen LogP contribution in [0.3, 0.4) is 0 Å². The zero-order valence-electron chi connectivity index (χ0n) is 13.4. The lowest BCUT2D eigenvalue weighted by Gasteiger charge is -2.11. The van der Waals surface area contributed by atoms with Gasteiger partial charge in [0, 0.05) is 19.3 Å². The Hall–Kier alpha value is -1.83. The number of carbonyl (C=O) groups excluding carboxylic acids is 1. The van der Waals surface area contributed by atoms with Gasteiger partial charge >= 0.3 is 0 Å². The van der Waals surface area contributed by atoms with Crippen LogP contribution in [-0.4, -0.2) is 38.2 Å². The van der Waals surface area contributed by atoms with Crippen molar-refractivity contribution < 1.29 is 13.2 Å². The number of rotatable bonds is 7. The molecule has 1 aromatic carbocycles. The summed E-state index contributed by atoms with van der Waals surface area (Å²) in [6.45, 7) is 2.17. The number of sulfone groups is 1. The highest BCUT2D eigenvalue weighted by Gasteiger charge is 2.20. The largest absolute Gasteiger partial charge is 0.367 e. The third-order valence-electron chi connectivity index (χ3n) is 3.36. The second-order valence-electron chi connectivity index (χ2n) is 5.07. The second kappa shape index (κ2) is 8.51. The van der Waals surface area contributed by atoms with Crippen LogP contribution in [0.2, 0.25) is 10.0 Å². The molecular weight excluding hydrogens is 385 g/mol. The molecule has 0 aliphatic rings. The van der Waals surface area contributed by atoms with Crippen molar-refractivity contribution >= 4 is 44.8 Å². The molecule has 0 aliphatic heterocycles. The molecule has 134 valence electrons. The molecule has 2 rings (SSSR count). The van der Waals surface area contributed by atoms with Crippen molar-refractivity contribution in [2.45, 2.75) is 11.8 Å². The molecular formula is C16H17Cl2N3O3S. The molecule has 6 nitrogen and oxygen atoms in total. The van der Waals surface area contributed by atoms with Crippen molar-refractivity contribution in [3.63, 3.8) is 0 Å². The Labute approximate surface area is 156 Å². The predicted octanol–water partition coefficient (Wildman–Crippen LogP) is 3.02. The maximum atomic E-state index is 12.3. The summed E-state index contributed by atoms with van der Waals surface area (Å²) in [4.78, 5) is 16.4. The Morgan fingerprint density at radius 3 is 2.60 bits per heavy atom. The lowest BCUT2D eigenvalue weighted by molar-refractivity contribution is 0.0952. The summed E-state index contributed by atoms with van der Waals surface area (Å²) in [5.41, 5.74) is 0.131. The van der Waals surface area contributed by atoms with Gasteiger partial charge in [0.25, 0.3) is 5.91 Å². The van der Waals surface area contributed by atoms with E-state index in [0.717, 1.165) is 0 Å². The van der Waals surface area contributed by atoms with Crippen LogP contribution in [0.15, 0.2) is 41.4 Å². The van der Waals surface area contributed by atoms with Crippen LogP contribution in [0, 0.1) is 0 Å². The molecule has 0 unspecified atom stereocenters. The highest BCUT2D eigenvalue weighted by atomic mass is 35.5. The van der Waals surface area contributed by atoms with Gasteiger partial charge in [0.1, 0.15) is 5.82 Å². The van der Waals surface area contributed by atoms with Crippen LogP contribution in [0.5, 0.6) is 0 Å². The molecule has 1 aromatic heterocycles. The van der Waals surface area contributed by atoms with Gasteiger partial charge in [-0.15, -0.1) is 0 Å². The quantitative estimate of drug-likeness (QED) is 0.696. The number of aromatic nitrogens is 1. The molecule has 0 saturated carbocycles. The Bertz CT molecular complexity index is 873. The summed E-state index contributed by atoms with van der Waals surface area (Å²) >= 11 is 11.8. The van der Waals surface area contributed by atoms with Crippen LogP contribution in [0.25, 0.3) is 0 Å². The Kier molecular flexibility index (Phi) is 6.64. The number of hydrogen-bond acceptors (Lipinski definition) is 5. The zero-order valence-corrected chi connectivity index (χ0v) is 15.7. The van der Waals surface area contributed by atoms with E-state index in [0.29, 0.717) is 22.4 Å². The Morgan fingerprint density at radius 1 is 1.20 bits per heavy atom. The number of nitrogens with zero attached hydrogens (tertiary/aromatic N) is 1. The number of benzene rings is 1. The Balaban J connectivity index is 1.97. The number of anilines is 1. The SMILES string of the molecule is CCS(=O)(=O)c1ccccc1C(=O)NCCNc1ncc(Cl)cc1Cl. The average molecular weight is 402 g/mol. The number of hydrogen-bond donors (Lipinski definition) is 2. The molecule has 25 heavy (non-hydrogen) atoms. The van der Waals surface area contributed by atoms with Crippen molar-refractivity contribution in [2.75, 3.05) is 24.2 Å². The number of pyridine rings is 1. The van der Waals surface area contributed by atoms with Crippen molar-refractivity contribution in [3.8, 4) is 0 Å². The molecule has 0 atom stereocenters. The predicted molar refractivity (Wildman–Crippen MR) is 99.2 cm³/mol. The van der Waals surface area contributed by atoms with Crippen molar-refractivity contribution in [2.24, 2.45) is 0 Å². The normalized spacial score (nSPS) is 11.2. The summed E-state index contributed by atoms with van der Waals surface area (Å²) in [6.07, 6.45) is 1.46. The molecule has 2 aromatic rings. The van der Waals surface area contributed by atoms with E-state index < -0.39 is 15.7 Å². The van der Waals surface area contributed by atoms with E-state index in [4.69, 9.17) is 23.2 Å². The molecule has 1 amide bonds. The summed E-state index contributed by atoms with van der Waals surface area (Å²) in [5.74, 6) is -0.0709. The first kappa shape index (κ1) is 19.5. The van der Waals surface area contributed by atoms with E-state index in [1.54, 1.807) is 18.2 Å². The molecule has 0 fully saturated rings. The maximum Gasteiger partial charge on any atom is 0.252 e. The number of nitrogens with one attached hydrogen (secondary N) is 2. The van der Waals surface area contributed by atoms with Gasteiger partial charge in [0.2, 0.25) is 0 Å². The van der Waals surface area contributed by atoms with Crippen LogP contribution in [0.4, 0.5) is 5.82 Å². The van der Waals surface area contributed by atoms with Gasteiger partial charge in [-0.25, -0.2) is 13.4 Å². The third-order valence-corrected chi connectivity index (χ3v) is 5.64. The van der Waals surface area contributed by atoms with E-state index in [1.807, 2.05) is 0 Å². The van der Waals surface area contributed by atoms with Crippen LogP contribution in [0.1, 0.15) is 17.3 Å². The van der Waals surface area contributed by atoms with E-state index in [2.05, 4.69) is 15.6 Å². The summed E-state index contributed by atoms with van der Waals surface area (Å²) < 4.78 is 24.2. The first-order valence-corrected chi connectivity index (χ1v) is 9.91. The fourth-order valence-corrected chi connectivity index (χ4v) is 3.62. The molecule has 0 bridgehead atoms. The molecule has 1 heterocycles. The zero-order chi connectivity index (χ0) is 18.4. The van der Waals surface area contributed by atoms with E-state index >= 15 is 0 Å². The topological polar surface area (TPSA) is 88.2 Å². The van der Waals surface area contributed by atoms with Gasteiger partial charge in [0.05, 0.1) is 26.3 Å². The molecule has 0 radical (unpaired) electrons. The highest BCUT2D eigenvalue weighted by molar-refractivity contribution is 7.91. The monoisotopic (exact) mass is 401 g/mol. The van der Waals surface area contributed by atoms with E-state index in [9.17, 15) is 13.2 Å². The fraction of sp³-hybridized carbons (Fsp3) is 0.250. The summed E-state index contributed by atoms with van der Waals surface area (Å²) in [5, 5.41) is 6.44. The third kappa shape index (κ3) is 5.07. The number of amides is 1. The van der Waals surface area contributed by atoms with Crippen molar-refractivity contribution in [1.82, 2.24) is 10.3 Å². The fourth-order valence-electron chi connectivity index (χ4n) is 2.08. The minimum absolute atomic E-state index is 0.0328. The Morgan fingerprint density at radius 2 is 1.92 bits per heavy atom. The van der Waals surface area contributed by atoms with Crippen LogP contribution >= 0.6 is 23.2 Å². The van der Waals surface area contributed by atoms with Crippen LogP contribution < -0.4 is 10.6 Å². The van der Waals surface area contributed by atoms with Gasteiger partial charge in [-0.2, -0.15) is 0 Å². The lowest BCUT2D eigenvalue weighted by atomic mass is 10.2. The van der Waals surface area contributed by atoms with Crippen molar-refractivity contribution in [1.29, 1.82) is 0 Å². The molecule has 0 saturated heterocycles. The van der Waals surface area contributed by atoms with Gasteiger partial charge in [-0.05, 0) is 18.2 Å². The smallest absolute Gasteiger partial charge is 0.252 e. The summed E-state index contributed by atoms with van der Waals surface area (Å²) in [6, 6.07) is 7.70. The van der Waals surface area contributed by atoms with Gasteiger partial charge in [-0.3, -0.25) is 4.79 Å².